The number of allylic oxidation sites excluding steroid dienone is 1. The highest BCUT2D eigenvalue weighted by molar-refractivity contribution is 6.81. The number of dihydropyridines is 1. The smallest absolute Gasteiger partial charge is 0.166 e. The van der Waals surface area contributed by atoms with Gasteiger partial charge in [0.15, 0.2) is 19.8 Å². The van der Waals surface area contributed by atoms with Gasteiger partial charge in [0, 0.05) is 25.1 Å². The van der Waals surface area contributed by atoms with Crippen LogP contribution in [0.4, 0.5) is 8.78 Å². The summed E-state index contributed by atoms with van der Waals surface area (Å²) >= 11 is 0. The van der Waals surface area contributed by atoms with E-state index in [1.54, 1.807) is 0 Å². The molecule has 6 heteroatoms. The van der Waals surface area contributed by atoms with Crippen LogP contribution in [0.5, 0.6) is 5.75 Å². The summed E-state index contributed by atoms with van der Waals surface area (Å²) in [6, 6.07) is 1.96. The summed E-state index contributed by atoms with van der Waals surface area (Å²) in [5.74, 6) is -2.03. The van der Waals surface area contributed by atoms with Crippen LogP contribution in [-0.2, 0) is 6.42 Å². The van der Waals surface area contributed by atoms with Crippen LogP contribution in [0, 0.1) is 11.6 Å². The molecule has 29 heavy (non-hydrogen) atoms. The average molecular weight is 419 g/mol. The second-order valence-corrected chi connectivity index (χ2v) is 14.8. The maximum atomic E-state index is 14.4. The minimum Gasteiger partial charge on any atom is -0.505 e. The minimum absolute atomic E-state index is 0.0670. The molecule has 3 nitrogen and oxygen atoms in total. The molecule has 2 aliphatic rings. The van der Waals surface area contributed by atoms with E-state index in [0.717, 1.165) is 29.7 Å². The van der Waals surface area contributed by atoms with Gasteiger partial charge in [-0.25, -0.2) is 8.78 Å². The van der Waals surface area contributed by atoms with Crippen LogP contribution in [-0.4, -0.2) is 30.3 Å². The quantitative estimate of drug-likeness (QED) is 0.549. The highest BCUT2D eigenvalue weighted by Gasteiger charge is 2.52. The average Bonchev–Trinajstić information content (AvgIpc) is 2.98. The molecule has 1 aromatic rings. The Morgan fingerprint density at radius 1 is 1.07 bits per heavy atom. The molecule has 0 spiro atoms. The van der Waals surface area contributed by atoms with Crippen molar-refractivity contribution in [1.29, 1.82) is 0 Å². The lowest BCUT2D eigenvalue weighted by Gasteiger charge is -2.51. The van der Waals surface area contributed by atoms with Crippen LogP contribution in [0.2, 0.25) is 16.6 Å². The highest BCUT2D eigenvalue weighted by atomic mass is 28.3. The third kappa shape index (κ3) is 3.56. The number of hydrogen-bond acceptors (Lipinski definition) is 3. The van der Waals surface area contributed by atoms with E-state index < -0.39 is 25.6 Å². The first kappa shape index (κ1) is 21.7. The molecular weight excluding hydrogens is 386 g/mol. The topological polar surface area (TPSA) is 35.8 Å². The molecule has 3 rings (SSSR count). The maximum absolute atomic E-state index is 14.4. The Morgan fingerprint density at radius 3 is 2.28 bits per heavy atom. The predicted octanol–water partition coefficient (Wildman–Crippen LogP) is 6.31. The fraction of sp³-hybridized carbons (Fsp3) is 0.522. The van der Waals surface area contributed by atoms with Crippen molar-refractivity contribution < 1.29 is 13.9 Å². The lowest BCUT2D eigenvalue weighted by molar-refractivity contribution is 0.425. The number of aromatic hydroxyl groups is 1. The molecule has 0 aromatic heterocycles. The molecule has 0 bridgehead atoms. The number of hydrogen-bond donors (Lipinski definition) is 1. The molecule has 0 radical (unpaired) electrons. The number of benzene rings is 1. The SMILES string of the molecule is CC(C)[Si](C(C)C)(C(C)C)N1C=C(Cc2cc(F)c(O)cc2F)C2=CCC=NC21. The van der Waals surface area contributed by atoms with E-state index in [1.165, 1.54) is 0 Å². The maximum Gasteiger partial charge on any atom is 0.166 e. The van der Waals surface area contributed by atoms with Crippen molar-refractivity contribution in [2.24, 2.45) is 4.99 Å². The van der Waals surface area contributed by atoms with Gasteiger partial charge in [0.25, 0.3) is 0 Å². The zero-order valence-electron chi connectivity index (χ0n) is 18.2. The number of nitrogens with zero attached hydrogens (tertiary/aromatic N) is 2. The van der Waals surface area contributed by atoms with Gasteiger partial charge in [0.1, 0.15) is 12.0 Å². The Kier molecular flexibility index (Phi) is 6.04. The summed E-state index contributed by atoms with van der Waals surface area (Å²) in [4.78, 5) is 4.84. The third-order valence-electron chi connectivity index (χ3n) is 6.62. The van der Waals surface area contributed by atoms with E-state index in [2.05, 4.69) is 58.4 Å². The van der Waals surface area contributed by atoms with Gasteiger partial charge in [-0.3, -0.25) is 4.99 Å². The molecule has 1 unspecified atom stereocenters. The molecule has 2 heterocycles. The second-order valence-electron chi connectivity index (χ2n) is 9.09. The van der Waals surface area contributed by atoms with Crippen molar-refractivity contribution in [3.63, 3.8) is 0 Å². The Balaban J connectivity index is 2.09. The molecule has 1 aromatic carbocycles. The van der Waals surface area contributed by atoms with Gasteiger partial charge in [0.05, 0.1) is 0 Å². The Hall–Kier alpha value is -1.95. The summed E-state index contributed by atoms with van der Waals surface area (Å²) < 4.78 is 30.8. The first-order chi connectivity index (χ1) is 13.6. The van der Waals surface area contributed by atoms with Gasteiger partial charge in [0.2, 0.25) is 0 Å². The van der Waals surface area contributed by atoms with E-state index in [1.807, 2.05) is 6.21 Å². The molecule has 0 saturated heterocycles. The Labute approximate surface area is 173 Å². The molecule has 0 fully saturated rings. The fourth-order valence-electron chi connectivity index (χ4n) is 5.64. The number of phenols is 1. The Bertz CT molecular complexity index is 852. The van der Waals surface area contributed by atoms with Crippen LogP contribution < -0.4 is 0 Å². The third-order valence-corrected chi connectivity index (χ3v) is 13.4. The molecule has 0 amide bonds. The van der Waals surface area contributed by atoms with Crippen LogP contribution in [0.3, 0.4) is 0 Å². The molecule has 2 aliphatic heterocycles. The van der Waals surface area contributed by atoms with E-state index >= 15 is 0 Å². The summed E-state index contributed by atoms with van der Waals surface area (Å²) in [6.45, 7) is 13.9. The van der Waals surface area contributed by atoms with Crippen LogP contribution in [0.25, 0.3) is 0 Å². The van der Waals surface area contributed by atoms with E-state index in [9.17, 15) is 13.9 Å². The zero-order chi connectivity index (χ0) is 21.5. The van der Waals surface area contributed by atoms with Crippen molar-refractivity contribution >= 4 is 14.5 Å². The van der Waals surface area contributed by atoms with Gasteiger partial charge in [-0.1, -0.05) is 47.6 Å². The first-order valence-corrected chi connectivity index (χ1v) is 12.7. The van der Waals surface area contributed by atoms with Crippen molar-refractivity contribution in [1.82, 2.24) is 4.57 Å². The number of aliphatic imine (C=N–C) groups is 1. The van der Waals surface area contributed by atoms with E-state index in [4.69, 9.17) is 4.99 Å². The summed E-state index contributed by atoms with van der Waals surface area (Å²) in [5, 5.41) is 9.44. The van der Waals surface area contributed by atoms with Crippen molar-refractivity contribution in [2.75, 3.05) is 0 Å². The van der Waals surface area contributed by atoms with Gasteiger partial charge >= 0.3 is 0 Å². The van der Waals surface area contributed by atoms with Crippen LogP contribution >= 0.6 is 0 Å². The monoisotopic (exact) mass is 418 g/mol. The molecule has 0 aliphatic carbocycles. The van der Waals surface area contributed by atoms with Gasteiger partial charge in [-0.05, 0) is 45.6 Å². The second kappa shape index (κ2) is 8.05. The lowest BCUT2D eigenvalue weighted by Crippen LogP contribution is -2.60. The molecular formula is C23H32F2N2OSi. The molecule has 1 N–H and O–H groups in total. The van der Waals surface area contributed by atoms with Gasteiger partial charge < -0.3 is 9.67 Å². The van der Waals surface area contributed by atoms with Crippen molar-refractivity contribution in [3.05, 3.63) is 52.8 Å². The van der Waals surface area contributed by atoms with Crippen LogP contribution in [0.15, 0.2) is 40.5 Å². The largest absolute Gasteiger partial charge is 0.505 e. The van der Waals surface area contributed by atoms with Crippen molar-refractivity contribution in [2.45, 2.75) is 77.2 Å². The van der Waals surface area contributed by atoms with Crippen LogP contribution in [0.1, 0.15) is 53.5 Å². The molecule has 1 atom stereocenters. The number of rotatable bonds is 6. The summed E-state index contributed by atoms with van der Waals surface area (Å²) in [5.41, 5.74) is 3.90. The molecule has 158 valence electrons. The molecule has 0 saturated carbocycles. The van der Waals surface area contributed by atoms with E-state index in [0.29, 0.717) is 16.6 Å². The number of halogens is 2. The first-order valence-electron chi connectivity index (χ1n) is 10.5. The minimum atomic E-state index is -2.00. The van der Waals surface area contributed by atoms with E-state index in [-0.39, 0.29) is 18.2 Å². The number of fused-ring (bicyclic) bond motifs is 1. The predicted molar refractivity (Wildman–Crippen MR) is 118 cm³/mol. The van der Waals surface area contributed by atoms with Crippen molar-refractivity contribution in [3.8, 4) is 5.75 Å². The Morgan fingerprint density at radius 2 is 1.69 bits per heavy atom. The summed E-state index contributed by atoms with van der Waals surface area (Å²) in [6.07, 6.45) is 7.27. The zero-order valence-corrected chi connectivity index (χ0v) is 19.2. The fourth-order valence-corrected chi connectivity index (χ4v) is 12.4. The van der Waals surface area contributed by atoms with Gasteiger partial charge in [-0.15, -0.1) is 0 Å². The highest BCUT2D eigenvalue weighted by Crippen LogP contribution is 2.49. The normalized spacial score (nSPS) is 19.3. The summed E-state index contributed by atoms with van der Waals surface area (Å²) in [7, 11) is -2.00. The number of phenolic OH excluding ortho intramolecular Hbond substituents is 1. The standard InChI is InChI=1S/C23H32F2N2OSi/c1-14(2)29(15(3)4,16(5)6)27-13-18(19-8-7-9-26-23(19)27)10-17-11-21(25)22(28)12-20(17)24/h8-9,11-16,23,28H,7,10H2,1-6H3. The lowest BCUT2D eigenvalue weighted by atomic mass is 9.97. The van der Waals surface area contributed by atoms with Gasteiger partial charge in [-0.2, -0.15) is 0 Å².